The molecule has 2 aromatic heterocycles. The van der Waals surface area contributed by atoms with Crippen molar-refractivity contribution >= 4 is 21.8 Å². The molecule has 2 unspecified atom stereocenters. The molecule has 0 amide bonds. The van der Waals surface area contributed by atoms with Gasteiger partial charge >= 0.3 is 0 Å². The topological polar surface area (TPSA) is 43.6 Å². The first-order chi connectivity index (χ1) is 34.2. The van der Waals surface area contributed by atoms with Crippen LogP contribution in [-0.2, 0) is 10.8 Å². The Hall–Kier alpha value is -8.99. The van der Waals surface area contributed by atoms with E-state index in [2.05, 4.69) is 241 Å². The van der Waals surface area contributed by atoms with Crippen molar-refractivity contribution in [2.45, 2.75) is 10.8 Å². The lowest BCUT2D eigenvalue weighted by molar-refractivity contribution is 0.627. The molecule has 4 heteroatoms. The van der Waals surface area contributed by atoms with Gasteiger partial charge in [-0.1, -0.05) is 212 Å². The Morgan fingerprint density at radius 3 is 1.49 bits per heavy atom. The van der Waals surface area contributed by atoms with Crippen molar-refractivity contribution in [3.05, 3.63) is 299 Å². The molecule has 0 N–H and O–H groups in total. The number of hydrogen-bond acceptors (Lipinski definition) is 3. The number of aromatic nitrogens is 4. The number of para-hydroxylation sites is 2. The molecule has 2 aliphatic rings. The minimum absolute atomic E-state index is 0.529. The van der Waals surface area contributed by atoms with E-state index >= 15 is 0 Å². The lowest BCUT2D eigenvalue weighted by Gasteiger charge is -2.49. The van der Waals surface area contributed by atoms with Gasteiger partial charge in [-0.25, -0.2) is 15.0 Å². The second kappa shape index (κ2) is 15.3. The lowest BCUT2D eigenvalue weighted by atomic mass is 9.51. The Bertz CT molecular complexity index is 3960. The van der Waals surface area contributed by atoms with E-state index in [1.54, 1.807) is 0 Å². The minimum Gasteiger partial charge on any atom is -0.309 e. The maximum absolute atomic E-state index is 5.41. The van der Waals surface area contributed by atoms with Gasteiger partial charge in [-0.15, -0.1) is 0 Å². The van der Waals surface area contributed by atoms with E-state index in [9.17, 15) is 0 Å². The monoisotopic (exact) mass is 878 g/mol. The first-order valence-corrected chi connectivity index (χ1v) is 23.7. The number of fused-ring (bicyclic) bond motifs is 8. The van der Waals surface area contributed by atoms with Crippen LogP contribution in [0, 0.1) is 0 Å². The molecule has 2 heterocycles. The van der Waals surface area contributed by atoms with E-state index in [-0.39, 0.29) is 0 Å². The molecule has 4 nitrogen and oxygen atoms in total. The first-order valence-electron chi connectivity index (χ1n) is 23.7. The summed E-state index contributed by atoms with van der Waals surface area (Å²) in [6.07, 6.45) is 0. The fourth-order valence-electron chi connectivity index (χ4n) is 12.1. The molecule has 10 aromatic carbocycles. The lowest BCUT2D eigenvalue weighted by Crippen LogP contribution is -2.44. The van der Waals surface area contributed by atoms with E-state index in [0.29, 0.717) is 17.5 Å². The average Bonchev–Trinajstić information content (AvgIpc) is 3.93. The maximum Gasteiger partial charge on any atom is 0.164 e. The van der Waals surface area contributed by atoms with Crippen LogP contribution >= 0.6 is 0 Å². The van der Waals surface area contributed by atoms with Crippen molar-refractivity contribution in [3.8, 4) is 51.0 Å². The first kappa shape index (κ1) is 39.2. The van der Waals surface area contributed by atoms with E-state index in [4.69, 9.17) is 15.0 Å². The molecular weight excluding hydrogens is 837 g/mol. The largest absolute Gasteiger partial charge is 0.309 e. The van der Waals surface area contributed by atoms with Crippen LogP contribution in [0.5, 0.6) is 0 Å². The molecule has 2 atom stereocenters. The van der Waals surface area contributed by atoms with Crippen LogP contribution < -0.4 is 0 Å². The summed E-state index contributed by atoms with van der Waals surface area (Å²) in [6, 6.07) is 92.5. The van der Waals surface area contributed by atoms with Gasteiger partial charge in [-0.05, 0) is 98.1 Å². The zero-order valence-electron chi connectivity index (χ0n) is 37.5. The molecule has 0 spiro atoms. The number of benzene rings is 10. The highest BCUT2D eigenvalue weighted by atomic mass is 15.0. The molecule has 0 aliphatic heterocycles. The molecule has 14 rings (SSSR count). The van der Waals surface area contributed by atoms with Crippen LogP contribution in [0.3, 0.4) is 0 Å². The van der Waals surface area contributed by atoms with Crippen molar-refractivity contribution < 1.29 is 0 Å². The van der Waals surface area contributed by atoms with Crippen LogP contribution in [-0.4, -0.2) is 19.5 Å². The molecule has 0 saturated carbocycles. The van der Waals surface area contributed by atoms with Gasteiger partial charge < -0.3 is 4.57 Å². The number of hydrogen-bond donors (Lipinski definition) is 0. The van der Waals surface area contributed by atoms with Crippen molar-refractivity contribution in [2.24, 2.45) is 0 Å². The Balaban J connectivity index is 1.02. The molecular formula is C65H42N4. The predicted molar refractivity (Wildman–Crippen MR) is 280 cm³/mol. The van der Waals surface area contributed by atoms with Crippen molar-refractivity contribution in [2.75, 3.05) is 0 Å². The zero-order valence-corrected chi connectivity index (χ0v) is 37.5. The minimum atomic E-state index is -0.713. The summed E-state index contributed by atoms with van der Waals surface area (Å²) in [5.41, 5.74) is 17.5. The van der Waals surface area contributed by atoms with Crippen molar-refractivity contribution in [3.63, 3.8) is 0 Å². The van der Waals surface area contributed by atoms with Crippen LogP contribution in [0.1, 0.15) is 44.5 Å². The van der Waals surface area contributed by atoms with Crippen LogP contribution in [0.15, 0.2) is 255 Å². The molecule has 322 valence electrons. The third-order valence-corrected chi connectivity index (χ3v) is 14.8. The standard InChI is InChI=1S/C65H42N4/c1-5-21-43(22-6-1)61-66-62(68-63(67-61)45-39-40-59-53(42-45)51-32-14-18-38-58(51)69(59)49-29-11-4-12-30-49)44-23-19-28-48(41-44)64(46-24-7-2-8-25-46)55-35-16-17-36-56(55)65(47-26-9-3-10-27-47)54-34-15-13-31-50(54)52-33-20-37-57(64)60(52)65/h1-42H. The quantitative estimate of drug-likeness (QED) is 0.160. The van der Waals surface area contributed by atoms with Gasteiger partial charge in [-0.3, -0.25) is 0 Å². The van der Waals surface area contributed by atoms with Gasteiger partial charge in [0, 0.05) is 33.2 Å². The molecule has 0 radical (unpaired) electrons. The average molecular weight is 879 g/mol. The highest BCUT2D eigenvalue weighted by molar-refractivity contribution is 6.10. The smallest absolute Gasteiger partial charge is 0.164 e. The number of rotatable bonds is 7. The summed E-state index contributed by atoms with van der Waals surface area (Å²) in [7, 11) is 0. The molecule has 2 aliphatic carbocycles. The van der Waals surface area contributed by atoms with E-state index < -0.39 is 10.8 Å². The molecule has 0 fully saturated rings. The van der Waals surface area contributed by atoms with E-state index in [1.807, 2.05) is 18.2 Å². The summed E-state index contributed by atoms with van der Waals surface area (Å²) >= 11 is 0. The number of nitrogens with zero attached hydrogens (tertiary/aromatic N) is 4. The Morgan fingerprint density at radius 1 is 0.290 bits per heavy atom. The normalized spacial score (nSPS) is 16.5. The SMILES string of the molecule is c1ccc(-c2nc(-c3cccc(C4(c5ccccc5)c5ccccc5C5(c6ccccc6)c6ccccc6-c6cccc4c65)c3)nc(-c3ccc4c(c3)c3ccccc3n4-c3ccccc3)n2)cc1. The highest BCUT2D eigenvalue weighted by Crippen LogP contribution is 2.65. The summed E-state index contributed by atoms with van der Waals surface area (Å²) in [4.78, 5) is 16.0. The highest BCUT2D eigenvalue weighted by Gasteiger charge is 2.57. The van der Waals surface area contributed by atoms with Crippen molar-refractivity contribution in [1.29, 1.82) is 0 Å². The van der Waals surface area contributed by atoms with Gasteiger partial charge in [0.1, 0.15) is 0 Å². The fraction of sp³-hybridized carbons (Fsp3) is 0.0308. The fourth-order valence-corrected chi connectivity index (χ4v) is 12.1. The summed E-state index contributed by atoms with van der Waals surface area (Å²) < 4.78 is 2.34. The van der Waals surface area contributed by atoms with Gasteiger partial charge in [0.15, 0.2) is 17.5 Å². The zero-order chi connectivity index (χ0) is 45.5. The van der Waals surface area contributed by atoms with E-state index in [0.717, 1.165) is 44.4 Å². The van der Waals surface area contributed by atoms with Gasteiger partial charge in [0.05, 0.1) is 21.9 Å². The molecule has 0 bridgehead atoms. The molecule has 12 aromatic rings. The van der Waals surface area contributed by atoms with E-state index in [1.165, 1.54) is 55.5 Å². The summed E-state index contributed by atoms with van der Waals surface area (Å²) in [5, 5.41) is 2.32. The van der Waals surface area contributed by atoms with Crippen LogP contribution in [0.25, 0.3) is 72.8 Å². The van der Waals surface area contributed by atoms with Crippen molar-refractivity contribution in [1.82, 2.24) is 19.5 Å². The maximum atomic E-state index is 5.41. The Kier molecular flexibility index (Phi) is 8.68. The second-order valence-corrected chi connectivity index (χ2v) is 18.2. The molecule has 0 saturated heterocycles. The van der Waals surface area contributed by atoms with Crippen LogP contribution in [0.4, 0.5) is 0 Å². The summed E-state index contributed by atoms with van der Waals surface area (Å²) in [5.74, 6) is 1.86. The Morgan fingerprint density at radius 2 is 0.768 bits per heavy atom. The van der Waals surface area contributed by atoms with Gasteiger partial charge in [0.25, 0.3) is 0 Å². The Labute approximate surface area is 400 Å². The summed E-state index contributed by atoms with van der Waals surface area (Å²) in [6.45, 7) is 0. The predicted octanol–water partition coefficient (Wildman–Crippen LogP) is 15.0. The van der Waals surface area contributed by atoms with Gasteiger partial charge in [0.2, 0.25) is 0 Å². The van der Waals surface area contributed by atoms with Crippen LogP contribution in [0.2, 0.25) is 0 Å². The second-order valence-electron chi connectivity index (χ2n) is 18.2. The third kappa shape index (κ3) is 5.60. The van der Waals surface area contributed by atoms with Gasteiger partial charge in [-0.2, -0.15) is 0 Å². The molecule has 69 heavy (non-hydrogen) atoms. The third-order valence-electron chi connectivity index (χ3n) is 14.8.